The molecule has 0 aromatic heterocycles. The summed E-state index contributed by atoms with van der Waals surface area (Å²) in [6.45, 7) is 0.168. The number of carbonyl (C=O) groups is 1. The van der Waals surface area contributed by atoms with Crippen molar-refractivity contribution in [3.05, 3.63) is 71.6 Å². The highest BCUT2D eigenvalue weighted by molar-refractivity contribution is 5.85. The van der Waals surface area contributed by atoms with E-state index in [2.05, 4.69) is 0 Å². The third-order valence-electron chi connectivity index (χ3n) is 2.68. The SMILES string of the molecule is O=C(O)C=Cc1ccccc1COc1ccccc1F. The first-order chi connectivity index (χ1) is 9.66. The Morgan fingerprint density at radius 3 is 2.60 bits per heavy atom. The summed E-state index contributed by atoms with van der Waals surface area (Å²) in [4.78, 5) is 10.5. The summed E-state index contributed by atoms with van der Waals surface area (Å²) >= 11 is 0. The van der Waals surface area contributed by atoms with Crippen LogP contribution in [0.1, 0.15) is 11.1 Å². The predicted octanol–water partition coefficient (Wildman–Crippen LogP) is 3.50. The number of aliphatic carboxylic acids is 1. The van der Waals surface area contributed by atoms with E-state index >= 15 is 0 Å². The molecule has 0 aliphatic rings. The zero-order chi connectivity index (χ0) is 14.4. The van der Waals surface area contributed by atoms with Crippen molar-refractivity contribution in [1.29, 1.82) is 0 Å². The molecule has 0 radical (unpaired) electrons. The van der Waals surface area contributed by atoms with Crippen molar-refractivity contribution in [2.24, 2.45) is 0 Å². The molecular formula is C16H13FO3. The van der Waals surface area contributed by atoms with Crippen LogP contribution < -0.4 is 4.74 Å². The van der Waals surface area contributed by atoms with Gasteiger partial charge in [0.2, 0.25) is 0 Å². The van der Waals surface area contributed by atoms with Crippen LogP contribution in [0.4, 0.5) is 4.39 Å². The standard InChI is InChI=1S/C16H13FO3/c17-14-7-3-4-8-15(14)20-11-13-6-2-1-5-12(13)9-10-16(18)19/h1-10H,11H2,(H,18,19). The van der Waals surface area contributed by atoms with Crippen LogP contribution in [0.2, 0.25) is 0 Å². The van der Waals surface area contributed by atoms with Crippen molar-refractivity contribution >= 4 is 12.0 Å². The van der Waals surface area contributed by atoms with Crippen LogP contribution in [0.15, 0.2) is 54.6 Å². The topological polar surface area (TPSA) is 46.5 Å². The van der Waals surface area contributed by atoms with Gasteiger partial charge in [-0.25, -0.2) is 9.18 Å². The molecule has 0 fully saturated rings. The molecule has 102 valence electrons. The Morgan fingerprint density at radius 2 is 1.85 bits per heavy atom. The molecule has 0 spiro atoms. The van der Waals surface area contributed by atoms with Gasteiger partial charge in [0.25, 0.3) is 0 Å². The molecule has 2 aromatic carbocycles. The lowest BCUT2D eigenvalue weighted by molar-refractivity contribution is -0.131. The Labute approximate surface area is 115 Å². The Balaban J connectivity index is 2.14. The number of para-hydroxylation sites is 1. The summed E-state index contributed by atoms with van der Waals surface area (Å²) < 4.78 is 18.8. The normalized spacial score (nSPS) is 10.7. The summed E-state index contributed by atoms with van der Waals surface area (Å²) in [5.41, 5.74) is 1.51. The largest absolute Gasteiger partial charge is 0.486 e. The second-order valence-corrected chi connectivity index (χ2v) is 4.09. The van der Waals surface area contributed by atoms with Crippen LogP contribution in [0.25, 0.3) is 6.08 Å². The van der Waals surface area contributed by atoms with Crippen LogP contribution >= 0.6 is 0 Å². The summed E-state index contributed by atoms with van der Waals surface area (Å²) in [6.07, 6.45) is 2.55. The number of carboxylic acid groups (broad SMARTS) is 1. The van der Waals surface area contributed by atoms with Crippen LogP contribution in [-0.4, -0.2) is 11.1 Å². The van der Waals surface area contributed by atoms with Gasteiger partial charge in [-0.2, -0.15) is 0 Å². The van der Waals surface area contributed by atoms with E-state index in [-0.39, 0.29) is 12.4 Å². The zero-order valence-corrected chi connectivity index (χ0v) is 10.6. The van der Waals surface area contributed by atoms with Crippen LogP contribution in [0.3, 0.4) is 0 Å². The highest BCUT2D eigenvalue weighted by Crippen LogP contribution is 2.19. The molecule has 0 amide bonds. The maximum Gasteiger partial charge on any atom is 0.328 e. The third kappa shape index (κ3) is 3.68. The Hall–Kier alpha value is -2.62. The Morgan fingerprint density at radius 1 is 1.15 bits per heavy atom. The summed E-state index contributed by atoms with van der Waals surface area (Å²) in [5.74, 6) is -1.27. The highest BCUT2D eigenvalue weighted by atomic mass is 19.1. The molecule has 0 saturated carbocycles. The highest BCUT2D eigenvalue weighted by Gasteiger charge is 2.04. The molecule has 3 nitrogen and oxygen atoms in total. The van der Waals surface area contributed by atoms with Crippen molar-refractivity contribution < 1.29 is 19.0 Å². The van der Waals surface area contributed by atoms with Gasteiger partial charge in [0.15, 0.2) is 11.6 Å². The van der Waals surface area contributed by atoms with Crippen LogP contribution in [0.5, 0.6) is 5.75 Å². The first-order valence-electron chi connectivity index (χ1n) is 6.03. The second kappa shape index (κ2) is 6.52. The van der Waals surface area contributed by atoms with Crippen molar-refractivity contribution in [1.82, 2.24) is 0 Å². The van der Waals surface area contributed by atoms with Crippen LogP contribution in [0, 0.1) is 5.82 Å². The minimum absolute atomic E-state index is 0.168. The van der Waals surface area contributed by atoms with E-state index in [1.807, 2.05) is 12.1 Å². The number of hydrogen-bond donors (Lipinski definition) is 1. The summed E-state index contributed by atoms with van der Waals surface area (Å²) in [5, 5.41) is 8.64. The minimum Gasteiger partial charge on any atom is -0.486 e. The van der Waals surface area contributed by atoms with E-state index in [0.29, 0.717) is 0 Å². The predicted molar refractivity (Wildman–Crippen MR) is 73.8 cm³/mol. The van der Waals surface area contributed by atoms with Gasteiger partial charge in [-0.05, 0) is 29.3 Å². The zero-order valence-electron chi connectivity index (χ0n) is 10.6. The van der Waals surface area contributed by atoms with Crippen molar-refractivity contribution in [3.63, 3.8) is 0 Å². The molecule has 20 heavy (non-hydrogen) atoms. The van der Waals surface area contributed by atoms with Gasteiger partial charge in [-0.3, -0.25) is 0 Å². The van der Waals surface area contributed by atoms with E-state index < -0.39 is 11.8 Å². The molecule has 0 unspecified atom stereocenters. The fourth-order valence-electron chi connectivity index (χ4n) is 1.71. The lowest BCUT2D eigenvalue weighted by Gasteiger charge is -2.09. The lowest BCUT2D eigenvalue weighted by atomic mass is 10.1. The second-order valence-electron chi connectivity index (χ2n) is 4.09. The number of benzene rings is 2. The van der Waals surface area contributed by atoms with E-state index in [1.165, 1.54) is 12.1 Å². The number of carboxylic acids is 1. The van der Waals surface area contributed by atoms with Gasteiger partial charge in [-0.15, -0.1) is 0 Å². The molecular weight excluding hydrogens is 259 g/mol. The summed E-state index contributed by atoms with van der Waals surface area (Å²) in [7, 11) is 0. The number of ether oxygens (including phenoxy) is 1. The third-order valence-corrected chi connectivity index (χ3v) is 2.68. The molecule has 1 N–H and O–H groups in total. The molecule has 0 aliphatic heterocycles. The summed E-state index contributed by atoms with van der Waals surface area (Å²) in [6, 6.07) is 13.4. The maximum atomic E-state index is 13.4. The van der Waals surface area contributed by atoms with E-state index in [9.17, 15) is 9.18 Å². The first kappa shape index (κ1) is 13.8. The minimum atomic E-state index is -1.02. The van der Waals surface area contributed by atoms with Gasteiger partial charge < -0.3 is 9.84 Å². The van der Waals surface area contributed by atoms with E-state index in [4.69, 9.17) is 9.84 Å². The quantitative estimate of drug-likeness (QED) is 0.847. The van der Waals surface area contributed by atoms with Gasteiger partial charge >= 0.3 is 5.97 Å². The monoisotopic (exact) mass is 272 g/mol. The van der Waals surface area contributed by atoms with Gasteiger partial charge in [0.1, 0.15) is 6.61 Å². The fraction of sp³-hybridized carbons (Fsp3) is 0.0625. The van der Waals surface area contributed by atoms with E-state index in [0.717, 1.165) is 17.2 Å². The van der Waals surface area contributed by atoms with Crippen molar-refractivity contribution in [3.8, 4) is 5.75 Å². The fourth-order valence-corrected chi connectivity index (χ4v) is 1.71. The molecule has 0 heterocycles. The molecule has 0 saturated heterocycles. The molecule has 0 aliphatic carbocycles. The van der Waals surface area contributed by atoms with Crippen molar-refractivity contribution in [2.45, 2.75) is 6.61 Å². The maximum absolute atomic E-state index is 13.4. The Bertz CT molecular complexity index is 635. The van der Waals surface area contributed by atoms with E-state index in [1.54, 1.807) is 30.3 Å². The molecule has 0 atom stereocenters. The average Bonchev–Trinajstić information content (AvgIpc) is 2.45. The molecule has 0 bridgehead atoms. The van der Waals surface area contributed by atoms with Crippen LogP contribution in [-0.2, 0) is 11.4 Å². The van der Waals surface area contributed by atoms with Crippen molar-refractivity contribution in [2.75, 3.05) is 0 Å². The van der Waals surface area contributed by atoms with Gasteiger partial charge in [-0.1, -0.05) is 36.4 Å². The number of halogens is 1. The number of hydrogen-bond acceptors (Lipinski definition) is 2. The molecule has 2 aromatic rings. The number of rotatable bonds is 5. The average molecular weight is 272 g/mol. The molecule has 4 heteroatoms. The smallest absolute Gasteiger partial charge is 0.328 e. The first-order valence-corrected chi connectivity index (χ1v) is 6.03. The Kier molecular flexibility index (Phi) is 4.50. The van der Waals surface area contributed by atoms with Gasteiger partial charge in [0.05, 0.1) is 0 Å². The van der Waals surface area contributed by atoms with Gasteiger partial charge in [0, 0.05) is 6.08 Å². The lowest BCUT2D eigenvalue weighted by Crippen LogP contribution is -1.99. The molecule has 2 rings (SSSR count).